The Morgan fingerprint density at radius 1 is 1.67 bits per heavy atom. The van der Waals surface area contributed by atoms with Gasteiger partial charge < -0.3 is 10.0 Å². The normalized spacial score (nSPS) is 38.6. The van der Waals surface area contributed by atoms with Gasteiger partial charge in [0.1, 0.15) is 5.54 Å². The van der Waals surface area contributed by atoms with E-state index in [-0.39, 0.29) is 5.92 Å². The second-order valence-electron chi connectivity index (χ2n) is 4.37. The molecule has 0 spiro atoms. The van der Waals surface area contributed by atoms with Crippen LogP contribution in [0.1, 0.15) is 12.8 Å². The van der Waals surface area contributed by atoms with Gasteiger partial charge in [0.2, 0.25) is 0 Å². The number of hydrogen-bond donors (Lipinski definition) is 2. The van der Waals surface area contributed by atoms with Crippen molar-refractivity contribution in [2.24, 2.45) is 5.92 Å². The van der Waals surface area contributed by atoms with Gasteiger partial charge in [-0.3, -0.25) is 10.1 Å². The van der Waals surface area contributed by atoms with Gasteiger partial charge in [-0.1, -0.05) is 5.92 Å². The molecule has 4 heteroatoms. The molecule has 2 heterocycles. The molecular weight excluding hydrogens is 192 g/mol. The van der Waals surface area contributed by atoms with E-state index in [4.69, 9.17) is 6.42 Å². The molecule has 2 fully saturated rings. The third kappa shape index (κ3) is 1.62. The quantitative estimate of drug-likeness (QED) is 0.628. The summed E-state index contributed by atoms with van der Waals surface area (Å²) >= 11 is 0. The summed E-state index contributed by atoms with van der Waals surface area (Å²) in [5.74, 6) is 1.92. The van der Waals surface area contributed by atoms with E-state index < -0.39 is 11.5 Å². The van der Waals surface area contributed by atoms with E-state index in [2.05, 4.69) is 16.1 Å². The lowest BCUT2D eigenvalue weighted by atomic mass is 9.78. The van der Waals surface area contributed by atoms with Crippen molar-refractivity contribution >= 4 is 5.97 Å². The Balaban J connectivity index is 2.18. The Morgan fingerprint density at radius 3 is 3.13 bits per heavy atom. The molecule has 0 aliphatic carbocycles. The average molecular weight is 208 g/mol. The lowest BCUT2D eigenvalue weighted by Crippen LogP contribution is -2.61. The molecule has 82 valence electrons. The molecule has 3 unspecified atom stereocenters. The van der Waals surface area contributed by atoms with Crippen LogP contribution in [0.25, 0.3) is 0 Å². The Morgan fingerprint density at radius 2 is 2.47 bits per heavy atom. The van der Waals surface area contributed by atoms with E-state index in [1.54, 1.807) is 0 Å². The van der Waals surface area contributed by atoms with Gasteiger partial charge in [-0.15, -0.1) is 6.42 Å². The van der Waals surface area contributed by atoms with Gasteiger partial charge in [0, 0.05) is 19.0 Å². The minimum absolute atomic E-state index is 0.206. The second kappa shape index (κ2) is 3.84. The average Bonchev–Trinajstić information content (AvgIpc) is 2.62. The number of nitrogens with zero attached hydrogens (tertiary/aromatic N) is 1. The Kier molecular flexibility index (Phi) is 2.68. The highest BCUT2D eigenvalue weighted by Gasteiger charge is 2.51. The van der Waals surface area contributed by atoms with Gasteiger partial charge in [0.25, 0.3) is 0 Å². The largest absolute Gasteiger partial charge is 0.480 e. The monoisotopic (exact) mass is 208 g/mol. The number of fused-ring (bicyclic) bond motifs is 2. The first-order valence-corrected chi connectivity index (χ1v) is 5.33. The Bertz CT molecular complexity index is 310. The van der Waals surface area contributed by atoms with Gasteiger partial charge in [-0.2, -0.15) is 0 Å². The number of terminal acetylenes is 1. The summed E-state index contributed by atoms with van der Waals surface area (Å²) in [6, 6.07) is 0. The van der Waals surface area contributed by atoms with E-state index in [0.717, 1.165) is 26.1 Å². The minimum Gasteiger partial charge on any atom is -0.480 e. The number of hydrogen-bond acceptors (Lipinski definition) is 3. The predicted molar refractivity (Wildman–Crippen MR) is 56.4 cm³/mol. The van der Waals surface area contributed by atoms with Crippen molar-refractivity contribution in [1.82, 2.24) is 10.2 Å². The molecule has 2 aliphatic heterocycles. The molecule has 0 saturated carbocycles. The van der Waals surface area contributed by atoms with Gasteiger partial charge in [0.15, 0.2) is 0 Å². The van der Waals surface area contributed by atoms with Gasteiger partial charge >= 0.3 is 5.97 Å². The molecule has 0 aromatic heterocycles. The fraction of sp³-hybridized carbons (Fsp3) is 0.727. The van der Waals surface area contributed by atoms with E-state index in [9.17, 15) is 9.90 Å². The number of carbonyl (C=O) groups is 1. The molecule has 0 radical (unpaired) electrons. The van der Waals surface area contributed by atoms with Crippen molar-refractivity contribution in [2.45, 2.75) is 18.4 Å². The summed E-state index contributed by atoms with van der Waals surface area (Å²) in [7, 11) is 0. The van der Waals surface area contributed by atoms with E-state index in [0.29, 0.717) is 13.0 Å². The maximum absolute atomic E-state index is 11.4. The van der Waals surface area contributed by atoms with Gasteiger partial charge in [-0.25, -0.2) is 0 Å². The molecule has 4 nitrogen and oxygen atoms in total. The molecule has 0 aromatic carbocycles. The SMILES string of the molecule is C#CCNC1(C(=O)O)CCN2CCC1C2. The van der Waals surface area contributed by atoms with Crippen LogP contribution in [-0.4, -0.2) is 47.7 Å². The van der Waals surface area contributed by atoms with Crippen LogP contribution in [-0.2, 0) is 4.79 Å². The number of aliphatic carboxylic acids is 1. The predicted octanol–water partition coefficient (Wildman–Crippen LogP) is -0.242. The smallest absolute Gasteiger partial charge is 0.324 e. The highest BCUT2D eigenvalue weighted by Crippen LogP contribution is 2.35. The van der Waals surface area contributed by atoms with Crippen LogP contribution in [0, 0.1) is 18.3 Å². The van der Waals surface area contributed by atoms with Crippen molar-refractivity contribution in [1.29, 1.82) is 0 Å². The fourth-order valence-corrected chi connectivity index (χ4v) is 2.78. The molecule has 0 aromatic rings. The van der Waals surface area contributed by atoms with Crippen LogP contribution in [0.15, 0.2) is 0 Å². The van der Waals surface area contributed by atoms with Crippen molar-refractivity contribution in [2.75, 3.05) is 26.2 Å². The van der Waals surface area contributed by atoms with Crippen molar-refractivity contribution < 1.29 is 9.90 Å². The number of carboxylic acids is 1. The topological polar surface area (TPSA) is 52.6 Å². The zero-order valence-electron chi connectivity index (χ0n) is 8.70. The summed E-state index contributed by atoms with van der Waals surface area (Å²) in [5, 5.41) is 12.4. The molecular formula is C11H16N2O2. The standard InChI is InChI=1S/C11H16N2O2/c1-2-5-12-11(10(14)15)4-7-13-6-3-9(11)8-13/h1,9,12H,3-8H2,(H,14,15). The number of nitrogens with one attached hydrogen (secondary N) is 1. The summed E-state index contributed by atoms with van der Waals surface area (Å²) in [6.07, 6.45) is 6.81. The van der Waals surface area contributed by atoms with Crippen LogP contribution in [0.5, 0.6) is 0 Å². The minimum atomic E-state index is -0.778. The molecule has 3 atom stereocenters. The summed E-state index contributed by atoms with van der Waals surface area (Å²) in [6.45, 7) is 3.12. The first kappa shape index (κ1) is 10.5. The molecule has 15 heavy (non-hydrogen) atoms. The molecule has 2 N–H and O–H groups in total. The molecule has 2 saturated heterocycles. The zero-order valence-corrected chi connectivity index (χ0v) is 8.70. The van der Waals surface area contributed by atoms with Gasteiger partial charge in [0.05, 0.1) is 6.54 Å². The molecule has 2 aliphatic rings. The van der Waals surface area contributed by atoms with Gasteiger partial charge in [-0.05, 0) is 19.4 Å². The van der Waals surface area contributed by atoms with Crippen LogP contribution in [0.4, 0.5) is 0 Å². The first-order chi connectivity index (χ1) is 7.19. The lowest BCUT2D eigenvalue weighted by Gasteiger charge is -2.39. The Labute approximate surface area is 89.6 Å². The maximum Gasteiger partial charge on any atom is 0.324 e. The van der Waals surface area contributed by atoms with Crippen LogP contribution >= 0.6 is 0 Å². The fourth-order valence-electron chi connectivity index (χ4n) is 2.78. The third-order valence-electron chi connectivity index (χ3n) is 3.68. The summed E-state index contributed by atoms with van der Waals surface area (Å²) in [5.41, 5.74) is -0.778. The van der Waals surface area contributed by atoms with Crippen molar-refractivity contribution in [3.63, 3.8) is 0 Å². The third-order valence-corrected chi connectivity index (χ3v) is 3.68. The first-order valence-electron chi connectivity index (χ1n) is 5.33. The van der Waals surface area contributed by atoms with Crippen LogP contribution in [0.2, 0.25) is 0 Å². The van der Waals surface area contributed by atoms with Crippen molar-refractivity contribution in [3.05, 3.63) is 0 Å². The highest BCUT2D eigenvalue weighted by atomic mass is 16.4. The molecule has 2 rings (SSSR count). The van der Waals surface area contributed by atoms with Crippen LogP contribution in [0.3, 0.4) is 0 Å². The number of carboxylic acid groups (broad SMARTS) is 1. The second-order valence-corrected chi connectivity index (χ2v) is 4.37. The van der Waals surface area contributed by atoms with E-state index in [1.165, 1.54) is 0 Å². The van der Waals surface area contributed by atoms with E-state index >= 15 is 0 Å². The van der Waals surface area contributed by atoms with E-state index in [1.807, 2.05) is 0 Å². The van der Waals surface area contributed by atoms with Crippen molar-refractivity contribution in [3.8, 4) is 12.3 Å². The maximum atomic E-state index is 11.4. The number of piperidine rings is 1. The van der Waals surface area contributed by atoms with Crippen LogP contribution < -0.4 is 5.32 Å². The highest BCUT2D eigenvalue weighted by molar-refractivity contribution is 5.79. The summed E-state index contributed by atoms with van der Waals surface area (Å²) in [4.78, 5) is 13.7. The zero-order chi connectivity index (χ0) is 10.9. The molecule has 0 amide bonds. The lowest BCUT2D eigenvalue weighted by molar-refractivity contribution is -0.148. The Hall–Kier alpha value is -1.05. The summed E-state index contributed by atoms with van der Waals surface area (Å²) < 4.78 is 0. The number of rotatable bonds is 3. The molecule has 2 bridgehead atoms.